The van der Waals surface area contributed by atoms with Gasteiger partial charge in [0, 0.05) is 19.6 Å². The number of nitrogens with zero attached hydrogens (tertiary/aromatic N) is 1. The minimum atomic E-state index is -0.530. The number of rotatable bonds is 4. The van der Waals surface area contributed by atoms with Gasteiger partial charge in [0.15, 0.2) is 0 Å². The van der Waals surface area contributed by atoms with Crippen molar-refractivity contribution >= 4 is 17.9 Å². The van der Waals surface area contributed by atoms with Crippen molar-refractivity contribution in [1.29, 1.82) is 0 Å². The second-order valence-electron chi connectivity index (χ2n) is 4.78. The Morgan fingerprint density at radius 1 is 1.40 bits per heavy atom. The molecule has 0 saturated carbocycles. The lowest BCUT2D eigenvalue weighted by atomic mass is 10.1. The van der Waals surface area contributed by atoms with Gasteiger partial charge in [0.1, 0.15) is 0 Å². The van der Waals surface area contributed by atoms with E-state index in [0.29, 0.717) is 19.6 Å². The third-order valence-corrected chi connectivity index (χ3v) is 3.32. The van der Waals surface area contributed by atoms with Crippen molar-refractivity contribution in [1.82, 2.24) is 10.2 Å². The molecule has 1 heterocycles. The Morgan fingerprint density at radius 2 is 2.15 bits per heavy atom. The molecular weight excluding hydrogens is 254 g/mol. The molecule has 1 fully saturated rings. The molecule has 1 saturated heterocycles. The molecule has 106 valence electrons. The van der Waals surface area contributed by atoms with Gasteiger partial charge >= 0.3 is 0 Å². The van der Waals surface area contributed by atoms with Crippen molar-refractivity contribution in [2.45, 2.75) is 12.5 Å². The van der Waals surface area contributed by atoms with Gasteiger partial charge in [0.05, 0.1) is 12.5 Å². The van der Waals surface area contributed by atoms with Crippen LogP contribution in [0, 0.1) is 0 Å². The first-order chi connectivity index (χ1) is 9.66. The monoisotopic (exact) mass is 273 g/mol. The highest BCUT2D eigenvalue weighted by Crippen LogP contribution is 2.08. The van der Waals surface area contributed by atoms with E-state index < -0.39 is 11.9 Å². The van der Waals surface area contributed by atoms with Gasteiger partial charge in [-0.05, 0) is 5.56 Å². The molecule has 1 unspecified atom stereocenters. The van der Waals surface area contributed by atoms with E-state index in [1.54, 1.807) is 0 Å². The lowest BCUT2D eigenvalue weighted by Crippen LogP contribution is -2.45. The van der Waals surface area contributed by atoms with Gasteiger partial charge in [0.2, 0.25) is 11.8 Å². The summed E-state index contributed by atoms with van der Waals surface area (Å²) in [5, 5.41) is 2.75. The van der Waals surface area contributed by atoms with Crippen molar-refractivity contribution in [3.8, 4) is 0 Å². The van der Waals surface area contributed by atoms with Crippen LogP contribution in [0.5, 0.6) is 0 Å². The van der Waals surface area contributed by atoms with E-state index in [1.807, 2.05) is 47.4 Å². The molecule has 5 heteroatoms. The molecule has 0 aliphatic carbocycles. The molecule has 0 aromatic heterocycles. The smallest absolute Gasteiger partial charge is 0.235 e. The number of amides is 2. The van der Waals surface area contributed by atoms with Crippen LogP contribution in [0.4, 0.5) is 0 Å². The lowest BCUT2D eigenvalue weighted by Gasteiger charge is -2.24. The molecular formula is C15H19N3O2. The lowest BCUT2D eigenvalue weighted by molar-refractivity contribution is -0.128. The SMILES string of the molecule is NC(=O)C1CC(=O)NCCN1C/C=C/c1ccccc1. The van der Waals surface area contributed by atoms with Gasteiger partial charge in [-0.25, -0.2) is 0 Å². The standard InChI is InChI=1S/C15H19N3O2/c16-15(20)13-11-14(19)17-8-10-18(13)9-4-7-12-5-2-1-3-6-12/h1-7,13H,8-11H2,(H2,16,20)(H,17,19)/b7-4+. The fraction of sp³-hybridized carbons (Fsp3) is 0.333. The van der Waals surface area contributed by atoms with E-state index in [9.17, 15) is 9.59 Å². The van der Waals surface area contributed by atoms with Crippen molar-refractivity contribution < 1.29 is 9.59 Å². The van der Waals surface area contributed by atoms with Gasteiger partial charge in [-0.15, -0.1) is 0 Å². The largest absolute Gasteiger partial charge is 0.368 e. The zero-order valence-corrected chi connectivity index (χ0v) is 11.3. The maximum atomic E-state index is 11.5. The highest BCUT2D eigenvalue weighted by molar-refractivity contribution is 5.87. The Kier molecular flexibility index (Phi) is 4.90. The predicted molar refractivity (Wildman–Crippen MR) is 77.7 cm³/mol. The number of primary amides is 1. The van der Waals surface area contributed by atoms with Crippen molar-refractivity contribution in [3.63, 3.8) is 0 Å². The summed E-state index contributed by atoms with van der Waals surface area (Å²) in [5.74, 6) is -0.571. The zero-order valence-electron chi connectivity index (χ0n) is 11.3. The summed E-state index contributed by atoms with van der Waals surface area (Å²) in [6, 6.07) is 9.40. The van der Waals surface area contributed by atoms with E-state index in [4.69, 9.17) is 5.73 Å². The number of hydrogen-bond donors (Lipinski definition) is 2. The molecule has 2 amide bonds. The summed E-state index contributed by atoms with van der Waals surface area (Å²) in [6.07, 6.45) is 4.12. The molecule has 0 bridgehead atoms. The summed E-state index contributed by atoms with van der Waals surface area (Å²) in [4.78, 5) is 24.9. The number of benzene rings is 1. The highest BCUT2D eigenvalue weighted by atomic mass is 16.2. The Morgan fingerprint density at radius 3 is 2.85 bits per heavy atom. The topological polar surface area (TPSA) is 75.4 Å². The number of nitrogens with two attached hydrogens (primary N) is 1. The highest BCUT2D eigenvalue weighted by Gasteiger charge is 2.28. The maximum absolute atomic E-state index is 11.5. The molecule has 1 atom stereocenters. The van der Waals surface area contributed by atoms with Gasteiger partial charge < -0.3 is 11.1 Å². The number of nitrogens with one attached hydrogen (secondary N) is 1. The van der Waals surface area contributed by atoms with Crippen LogP contribution in [0.2, 0.25) is 0 Å². The number of carbonyl (C=O) groups is 2. The van der Waals surface area contributed by atoms with E-state index in [1.165, 1.54) is 0 Å². The van der Waals surface area contributed by atoms with Gasteiger partial charge in [-0.3, -0.25) is 14.5 Å². The molecule has 20 heavy (non-hydrogen) atoms. The number of carbonyl (C=O) groups excluding carboxylic acids is 2. The van der Waals surface area contributed by atoms with Crippen LogP contribution in [0.3, 0.4) is 0 Å². The molecule has 3 N–H and O–H groups in total. The quantitative estimate of drug-likeness (QED) is 0.832. The normalized spacial score (nSPS) is 20.6. The first-order valence-electron chi connectivity index (χ1n) is 6.68. The first-order valence-corrected chi connectivity index (χ1v) is 6.68. The van der Waals surface area contributed by atoms with Gasteiger partial charge in [0.25, 0.3) is 0 Å². The van der Waals surface area contributed by atoms with Crippen LogP contribution < -0.4 is 11.1 Å². The zero-order chi connectivity index (χ0) is 14.4. The molecule has 1 aliphatic heterocycles. The van der Waals surface area contributed by atoms with Crippen molar-refractivity contribution in [2.24, 2.45) is 5.73 Å². The van der Waals surface area contributed by atoms with E-state index in [0.717, 1.165) is 5.56 Å². The molecule has 1 aromatic carbocycles. The van der Waals surface area contributed by atoms with E-state index in [-0.39, 0.29) is 12.3 Å². The Hall–Kier alpha value is -2.14. The molecule has 5 nitrogen and oxygen atoms in total. The Labute approximate surface area is 118 Å². The van der Waals surface area contributed by atoms with Crippen LogP contribution in [-0.4, -0.2) is 42.4 Å². The van der Waals surface area contributed by atoms with E-state index >= 15 is 0 Å². The third kappa shape index (κ3) is 3.93. The van der Waals surface area contributed by atoms with E-state index in [2.05, 4.69) is 5.32 Å². The third-order valence-electron chi connectivity index (χ3n) is 3.32. The van der Waals surface area contributed by atoms with Crippen LogP contribution >= 0.6 is 0 Å². The van der Waals surface area contributed by atoms with Crippen LogP contribution in [-0.2, 0) is 9.59 Å². The van der Waals surface area contributed by atoms with Crippen molar-refractivity contribution in [3.05, 3.63) is 42.0 Å². The fourth-order valence-electron chi connectivity index (χ4n) is 2.26. The van der Waals surface area contributed by atoms with Gasteiger partial charge in [-0.1, -0.05) is 42.5 Å². The Bertz CT molecular complexity index is 499. The maximum Gasteiger partial charge on any atom is 0.235 e. The minimum Gasteiger partial charge on any atom is -0.368 e. The minimum absolute atomic E-state index is 0.122. The Balaban J connectivity index is 2.00. The summed E-state index contributed by atoms with van der Waals surface area (Å²) < 4.78 is 0. The average molecular weight is 273 g/mol. The second-order valence-corrected chi connectivity index (χ2v) is 4.78. The summed E-state index contributed by atoms with van der Waals surface area (Å²) >= 11 is 0. The van der Waals surface area contributed by atoms with Crippen LogP contribution in [0.15, 0.2) is 36.4 Å². The second kappa shape index (κ2) is 6.86. The molecule has 0 spiro atoms. The molecule has 0 radical (unpaired) electrons. The molecule has 1 aromatic rings. The summed E-state index contributed by atoms with van der Waals surface area (Å²) in [6.45, 7) is 1.76. The van der Waals surface area contributed by atoms with Crippen molar-refractivity contribution in [2.75, 3.05) is 19.6 Å². The predicted octanol–water partition coefficient (Wildman–Crippen LogP) is 0.376. The van der Waals surface area contributed by atoms with Crippen LogP contribution in [0.25, 0.3) is 6.08 Å². The van der Waals surface area contributed by atoms with Crippen LogP contribution in [0.1, 0.15) is 12.0 Å². The first kappa shape index (κ1) is 14.3. The van der Waals surface area contributed by atoms with Gasteiger partial charge in [-0.2, -0.15) is 0 Å². The number of hydrogen-bond acceptors (Lipinski definition) is 3. The molecule has 2 rings (SSSR count). The fourth-order valence-corrected chi connectivity index (χ4v) is 2.26. The summed E-state index contributed by atoms with van der Waals surface area (Å²) in [5.41, 5.74) is 6.49. The summed E-state index contributed by atoms with van der Waals surface area (Å²) in [7, 11) is 0. The average Bonchev–Trinajstić information content (AvgIpc) is 2.62. The molecule has 1 aliphatic rings.